The standard InChI is InChI=1S/C14H15FO/c15-11-5-3-4-10-6-7-12(16)14(13(10)11)8-1-2-9-14/h3-5H,1-2,6-9H2. The second-order valence-corrected chi connectivity index (χ2v) is 4.99. The molecule has 0 unspecified atom stereocenters. The van der Waals surface area contributed by atoms with E-state index in [4.69, 9.17) is 0 Å². The SMILES string of the molecule is O=C1CCc2cccc(F)c2C12CCCC2. The molecule has 0 N–H and O–H groups in total. The zero-order chi connectivity index (χ0) is 11.2. The van der Waals surface area contributed by atoms with Gasteiger partial charge in [0.05, 0.1) is 5.41 Å². The zero-order valence-corrected chi connectivity index (χ0v) is 9.26. The normalized spacial score (nSPS) is 22.4. The summed E-state index contributed by atoms with van der Waals surface area (Å²) in [5, 5.41) is 0. The summed E-state index contributed by atoms with van der Waals surface area (Å²) in [5.74, 6) is 0.0926. The lowest BCUT2D eigenvalue weighted by Crippen LogP contribution is -2.38. The van der Waals surface area contributed by atoms with Gasteiger partial charge in [0, 0.05) is 12.0 Å². The van der Waals surface area contributed by atoms with E-state index in [1.165, 1.54) is 6.07 Å². The number of halogens is 1. The molecule has 0 radical (unpaired) electrons. The maximum Gasteiger partial charge on any atom is 0.143 e. The van der Waals surface area contributed by atoms with E-state index in [9.17, 15) is 9.18 Å². The van der Waals surface area contributed by atoms with Gasteiger partial charge in [-0.2, -0.15) is 0 Å². The van der Waals surface area contributed by atoms with Crippen molar-refractivity contribution in [3.05, 3.63) is 35.1 Å². The van der Waals surface area contributed by atoms with Crippen LogP contribution >= 0.6 is 0 Å². The summed E-state index contributed by atoms with van der Waals surface area (Å²) in [4.78, 5) is 12.2. The fourth-order valence-corrected chi connectivity index (χ4v) is 3.45. The molecule has 1 fully saturated rings. The van der Waals surface area contributed by atoms with E-state index in [0.29, 0.717) is 12.8 Å². The molecule has 0 saturated heterocycles. The fraction of sp³-hybridized carbons (Fsp3) is 0.500. The number of fused-ring (bicyclic) bond motifs is 2. The average molecular weight is 218 g/mol. The Balaban J connectivity index is 2.23. The summed E-state index contributed by atoms with van der Waals surface area (Å²) in [6.07, 6.45) is 5.11. The van der Waals surface area contributed by atoms with Gasteiger partial charge in [-0.05, 0) is 30.9 Å². The van der Waals surface area contributed by atoms with Crippen molar-refractivity contribution in [3.63, 3.8) is 0 Å². The van der Waals surface area contributed by atoms with Gasteiger partial charge in [-0.1, -0.05) is 25.0 Å². The minimum atomic E-state index is -0.459. The van der Waals surface area contributed by atoms with Gasteiger partial charge in [0.2, 0.25) is 0 Å². The highest BCUT2D eigenvalue weighted by Crippen LogP contribution is 2.47. The van der Waals surface area contributed by atoms with Crippen molar-refractivity contribution in [2.45, 2.75) is 43.9 Å². The third-order valence-electron chi connectivity index (χ3n) is 4.19. The third kappa shape index (κ3) is 1.19. The van der Waals surface area contributed by atoms with E-state index >= 15 is 0 Å². The number of ketones is 1. The first kappa shape index (κ1) is 10.0. The van der Waals surface area contributed by atoms with E-state index in [2.05, 4.69) is 0 Å². The monoisotopic (exact) mass is 218 g/mol. The summed E-state index contributed by atoms with van der Waals surface area (Å²) >= 11 is 0. The maximum atomic E-state index is 14.0. The number of Topliss-reactive ketones (excluding diaryl/α,β-unsaturated/α-hetero) is 1. The largest absolute Gasteiger partial charge is 0.299 e. The van der Waals surface area contributed by atoms with Crippen LogP contribution in [0.1, 0.15) is 43.2 Å². The highest BCUT2D eigenvalue weighted by atomic mass is 19.1. The van der Waals surface area contributed by atoms with E-state index in [1.807, 2.05) is 6.07 Å². The van der Waals surface area contributed by atoms with E-state index in [-0.39, 0.29) is 11.6 Å². The molecule has 0 heterocycles. The second kappa shape index (κ2) is 3.41. The number of aryl methyl sites for hydroxylation is 1. The molecule has 0 aromatic heterocycles. The Bertz CT molecular complexity index is 444. The van der Waals surface area contributed by atoms with Crippen molar-refractivity contribution in [2.75, 3.05) is 0 Å². The molecule has 2 aliphatic carbocycles. The number of hydrogen-bond acceptors (Lipinski definition) is 1. The van der Waals surface area contributed by atoms with Crippen LogP contribution in [-0.4, -0.2) is 5.78 Å². The van der Waals surface area contributed by atoms with Gasteiger partial charge in [-0.3, -0.25) is 4.79 Å². The van der Waals surface area contributed by atoms with Gasteiger partial charge in [-0.15, -0.1) is 0 Å². The lowest BCUT2D eigenvalue weighted by molar-refractivity contribution is -0.125. The molecule has 0 atom stereocenters. The minimum Gasteiger partial charge on any atom is -0.299 e. The lowest BCUT2D eigenvalue weighted by atomic mass is 9.68. The number of hydrogen-bond donors (Lipinski definition) is 0. The lowest BCUT2D eigenvalue weighted by Gasteiger charge is -2.34. The molecule has 0 bridgehead atoms. The van der Waals surface area contributed by atoms with E-state index < -0.39 is 5.41 Å². The van der Waals surface area contributed by atoms with Crippen molar-refractivity contribution < 1.29 is 9.18 Å². The Kier molecular flexibility index (Phi) is 2.13. The van der Waals surface area contributed by atoms with Crippen LogP contribution in [0.2, 0.25) is 0 Å². The summed E-state index contributed by atoms with van der Waals surface area (Å²) in [6.45, 7) is 0. The number of benzene rings is 1. The Morgan fingerprint density at radius 2 is 1.88 bits per heavy atom. The smallest absolute Gasteiger partial charge is 0.143 e. The molecular weight excluding hydrogens is 203 g/mol. The predicted molar refractivity (Wildman–Crippen MR) is 59.9 cm³/mol. The molecule has 1 nitrogen and oxygen atoms in total. The number of carbonyl (C=O) groups is 1. The summed E-state index contributed by atoms with van der Waals surface area (Å²) < 4.78 is 14.0. The van der Waals surface area contributed by atoms with Gasteiger partial charge in [0.15, 0.2) is 0 Å². The topological polar surface area (TPSA) is 17.1 Å². The van der Waals surface area contributed by atoms with Gasteiger partial charge in [0.1, 0.15) is 11.6 Å². The van der Waals surface area contributed by atoms with Crippen LogP contribution in [0.15, 0.2) is 18.2 Å². The number of carbonyl (C=O) groups excluding carboxylic acids is 1. The highest BCUT2D eigenvalue weighted by molar-refractivity contribution is 5.92. The highest BCUT2D eigenvalue weighted by Gasteiger charge is 2.46. The molecule has 2 heteroatoms. The minimum absolute atomic E-state index is 0.174. The molecule has 1 aromatic carbocycles. The second-order valence-electron chi connectivity index (χ2n) is 4.99. The fourth-order valence-electron chi connectivity index (χ4n) is 3.45. The molecule has 3 rings (SSSR count). The molecule has 2 aliphatic rings. The maximum absolute atomic E-state index is 14.0. The van der Waals surface area contributed by atoms with E-state index in [0.717, 1.165) is 36.8 Å². The van der Waals surface area contributed by atoms with Crippen LogP contribution in [0.5, 0.6) is 0 Å². The summed E-state index contributed by atoms with van der Waals surface area (Å²) in [5.41, 5.74) is 1.32. The van der Waals surface area contributed by atoms with Crippen LogP contribution in [0.3, 0.4) is 0 Å². The Labute approximate surface area is 94.7 Å². The molecule has 0 amide bonds. The quantitative estimate of drug-likeness (QED) is 0.653. The molecule has 1 aromatic rings. The van der Waals surface area contributed by atoms with Crippen molar-refractivity contribution in [3.8, 4) is 0 Å². The molecular formula is C14H15FO. The molecule has 84 valence electrons. The molecule has 1 spiro atoms. The Morgan fingerprint density at radius 3 is 2.62 bits per heavy atom. The summed E-state index contributed by atoms with van der Waals surface area (Å²) in [6, 6.07) is 5.23. The van der Waals surface area contributed by atoms with Crippen molar-refractivity contribution >= 4 is 5.78 Å². The van der Waals surface area contributed by atoms with Gasteiger partial charge in [0.25, 0.3) is 0 Å². The Hall–Kier alpha value is -1.18. The van der Waals surface area contributed by atoms with Gasteiger partial charge >= 0.3 is 0 Å². The molecule has 16 heavy (non-hydrogen) atoms. The van der Waals surface area contributed by atoms with Gasteiger partial charge < -0.3 is 0 Å². The molecule has 1 saturated carbocycles. The predicted octanol–water partition coefficient (Wildman–Crippen LogP) is 3.15. The van der Waals surface area contributed by atoms with Crippen LogP contribution in [0, 0.1) is 5.82 Å². The first-order valence-corrected chi connectivity index (χ1v) is 6.05. The van der Waals surface area contributed by atoms with Crippen LogP contribution in [0.25, 0.3) is 0 Å². The van der Waals surface area contributed by atoms with Crippen LogP contribution in [0.4, 0.5) is 4.39 Å². The van der Waals surface area contributed by atoms with Crippen molar-refractivity contribution in [2.24, 2.45) is 0 Å². The third-order valence-corrected chi connectivity index (χ3v) is 4.19. The van der Waals surface area contributed by atoms with Crippen molar-refractivity contribution in [1.82, 2.24) is 0 Å². The first-order chi connectivity index (χ1) is 7.74. The number of rotatable bonds is 0. The molecule has 0 aliphatic heterocycles. The zero-order valence-electron chi connectivity index (χ0n) is 9.26. The van der Waals surface area contributed by atoms with Crippen LogP contribution in [-0.2, 0) is 16.6 Å². The van der Waals surface area contributed by atoms with E-state index in [1.54, 1.807) is 6.07 Å². The Morgan fingerprint density at radius 1 is 1.12 bits per heavy atom. The summed E-state index contributed by atoms with van der Waals surface area (Å²) in [7, 11) is 0. The first-order valence-electron chi connectivity index (χ1n) is 6.05. The average Bonchev–Trinajstić information content (AvgIpc) is 2.74. The van der Waals surface area contributed by atoms with Gasteiger partial charge in [-0.25, -0.2) is 4.39 Å². The van der Waals surface area contributed by atoms with Crippen LogP contribution < -0.4 is 0 Å². The van der Waals surface area contributed by atoms with Crippen molar-refractivity contribution in [1.29, 1.82) is 0 Å².